The number of aliphatic carboxylic acids is 2. The highest BCUT2D eigenvalue weighted by Gasteiger charge is 2.26. The van der Waals surface area contributed by atoms with Crippen LogP contribution in [-0.4, -0.2) is 38.5 Å². The molecule has 4 N–H and O–H groups in total. The van der Waals surface area contributed by atoms with Gasteiger partial charge in [0.05, 0.1) is 0 Å². The van der Waals surface area contributed by atoms with Gasteiger partial charge in [0, 0.05) is 6.08 Å². The highest BCUT2D eigenvalue weighted by atomic mass is 16.4. The van der Waals surface area contributed by atoms with Gasteiger partial charge in [-0.25, -0.2) is 9.59 Å². The maximum absolute atomic E-state index is 10.6. The summed E-state index contributed by atoms with van der Waals surface area (Å²) < 4.78 is 0. The van der Waals surface area contributed by atoms with Gasteiger partial charge in [-0.15, -0.1) is 0 Å². The molecule has 1 aromatic rings. The van der Waals surface area contributed by atoms with Crippen molar-refractivity contribution >= 4 is 18.0 Å². The summed E-state index contributed by atoms with van der Waals surface area (Å²) in [5.41, 5.74) is 0.470. The van der Waals surface area contributed by atoms with E-state index in [0.29, 0.717) is 5.56 Å². The number of carbonyl (C=O) groups is 2. The second-order valence-corrected chi connectivity index (χ2v) is 3.53. The van der Waals surface area contributed by atoms with Crippen molar-refractivity contribution in [2.45, 2.75) is 12.2 Å². The zero-order valence-electron chi connectivity index (χ0n) is 9.22. The van der Waals surface area contributed by atoms with Crippen molar-refractivity contribution in [3.05, 3.63) is 41.5 Å². The van der Waals surface area contributed by atoms with Gasteiger partial charge in [0.25, 0.3) is 0 Å². The van der Waals surface area contributed by atoms with Crippen LogP contribution < -0.4 is 0 Å². The lowest BCUT2D eigenvalue weighted by Crippen LogP contribution is -2.27. The predicted molar refractivity (Wildman–Crippen MR) is 61.7 cm³/mol. The summed E-state index contributed by atoms with van der Waals surface area (Å²) in [5, 5.41) is 36.1. The topological polar surface area (TPSA) is 115 Å². The lowest BCUT2D eigenvalue weighted by atomic mass is 9.98. The van der Waals surface area contributed by atoms with Crippen LogP contribution in [0.2, 0.25) is 0 Å². The smallest absolute Gasteiger partial charge is 0.335 e. The van der Waals surface area contributed by atoms with E-state index in [1.165, 1.54) is 18.2 Å². The molecular weight excluding hydrogens is 240 g/mol. The SMILES string of the molecule is O=C(O)/C=C/c1ccccc1C(O)C(O)C(=O)O. The van der Waals surface area contributed by atoms with Crippen LogP contribution in [0.4, 0.5) is 0 Å². The molecule has 0 radical (unpaired) electrons. The molecule has 0 fully saturated rings. The molecule has 6 nitrogen and oxygen atoms in total. The van der Waals surface area contributed by atoms with E-state index >= 15 is 0 Å². The Morgan fingerprint density at radius 1 is 1.11 bits per heavy atom. The normalized spacial score (nSPS) is 14.3. The Morgan fingerprint density at radius 2 is 1.72 bits per heavy atom. The fourth-order valence-corrected chi connectivity index (χ4v) is 1.40. The Balaban J connectivity index is 3.08. The lowest BCUT2D eigenvalue weighted by Gasteiger charge is -2.16. The van der Waals surface area contributed by atoms with Crippen molar-refractivity contribution in [1.82, 2.24) is 0 Å². The summed E-state index contributed by atoms with van der Waals surface area (Å²) >= 11 is 0. The van der Waals surface area contributed by atoms with Gasteiger partial charge in [-0.2, -0.15) is 0 Å². The molecule has 2 unspecified atom stereocenters. The minimum Gasteiger partial charge on any atom is -0.479 e. The van der Waals surface area contributed by atoms with Crippen LogP contribution in [0.15, 0.2) is 30.3 Å². The van der Waals surface area contributed by atoms with Gasteiger partial charge in [0.15, 0.2) is 6.10 Å². The molecule has 96 valence electrons. The highest BCUT2D eigenvalue weighted by molar-refractivity contribution is 5.85. The molecule has 0 saturated heterocycles. The molecule has 1 aromatic carbocycles. The summed E-state index contributed by atoms with van der Waals surface area (Å²) in [6.45, 7) is 0. The number of hydrogen-bond acceptors (Lipinski definition) is 4. The average Bonchev–Trinajstić information content (AvgIpc) is 2.34. The van der Waals surface area contributed by atoms with Crippen molar-refractivity contribution in [3.8, 4) is 0 Å². The zero-order chi connectivity index (χ0) is 13.7. The molecule has 6 heteroatoms. The number of hydrogen-bond donors (Lipinski definition) is 4. The van der Waals surface area contributed by atoms with Crippen molar-refractivity contribution in [3.63, 3.8) is 0 Å². The van der Waals surface area contributed by atoms with Crippen LogP contribution >= 0.6 is 0 Å². The predicted octanol–water partition coefficient (Wildman–Crippen LogP) is 0.263. The maximum atomic E-state index is 10.6. The molecular formula is C12H12O6. The molecule has 0 spiro atoms. The van der Waals surface area contributed by atoms with E-state index in [0.717, 1.165) is 6.08 Å². The summed E-state index contributed by atoms with van der Waals surface area (Å²) in [6, 6.07) is 6.07. The maximum Gasteiger partial charge on any atom is 0.335 e. The molecule has 0 saturated carbocycles. The largest absolute Gasteiger partial charge is 0.479 e. The zero-order valence-corrected chi connectivity index (χ0v) is 9.22. The summed E-state index contributed by atoms with van der Waals surface area (Å²) in [4.78, 5) is 21.0. The van der Waals surface area contributed by atoms with Gasteiger partial charge in [-0.05, 0) is 17.2 Å². The van der Waals surface area contributed by atoms with Gasteiger partial charge in [0.1, 0.15) is 6.10 Å². The molecule has 0 bridgehead atoms. The number of aliphatic hydroxyl groups excluding tert-OH is 2. The Labute approximate surface area is 102 Å². The van der Waals surface area contributed by atoms with E-state index < -0.39 is 24.1 Å². The third-order valence-corrected chi connectivity index (χ3v) is 2.27. The Bertz CT molecular complexity index is 479. The van der Waals surface area contributed by atoms with Crippen molar-refractivity contribution in [1.29, 1.82) is 0 Å². The van der Waals surface area contributed by atoms with Crippen LogP contribution in [0.5, 0.6) is 0 Å². The van der Waals surface area contributed by atoms with Crippen molar-refractivity contribution in [2.75, 3.05) is 0 Å². The number of rotatable bonds is 5. The number of carboxylic acid groups (broad SMARTS) is 2. The van der Waals surface area contributed by atoms with Gasteiger partial charge in [-0.1, -0.05) is 24.3 Å². The van der Waals surface area contributed by atoms with E-state index in [1.807, 2.05) is 0 Å². The molecule has 0 heterocycles. The minimum absolute atomic E-state index is 0.143. The second-order valence-electron chi connectivity index (χ2n) is 3.53. The first-order valence-electron chi connectivity index (χ1n) is 5.02. The summed E-state index contributed by atoms with van der Waals surface area (Å²) in [7, 11) is 0. The minimum atomic E-state index is -1.97. The lowest BCUT2D eigenvalue weighted by molar-refractivity contribution is -0.153. The molecule has 0 aliphatic heterocycles. The average molecular weight is 252 g/mol. The van der Waals surface area contributed by atoms with Gasteiger partial charge < -0.3 is 20.4 Å². The summed E-state index contributed by atoms with van der Waals surface area (Å²) in [6.07, 6.45) is -1.52. The Kier molecular flexibility index (Phi) is 4.59. The summed E-state index contributed by atoms with van der Waals surface area (Å²) in [5.74, 6) is -2.72. The highest BCUT2D eigenvalue weighted by Crippen LogP contribution is 2.22. The van der Waals surface area contributed by atoms with Gasteiger partial charge in [0.2, 0.25) is 0 Å². The molecule has 1 rings (SSSR count). The van der Waals surface area contributed by atoms with Crippen molar-refractivity contribution < 1.29 is 30.0 Å². The third kappa shape index (κ3) is 3.41. The molecule has 0 aliphatic rings. The van der Waals surface area contributed by atoms with Crippen LogP contribution in [0.3, 0.4) is 0 Å². The molecule has 2 atom stereocenters. The van der Waals surface area contributed by atoms with E-state index in [4.69, 9.17) is 10.2 Å². The molecule has 0 aromatic heterocycles. The number of benzene rings is 1. The number of carboxylic acids is 2. The monoisotopic (exact) mass is 252 g/mol. The Hall–Kier alpha value is -2.18. The Morgan fingerprint density at radius 3 is 2.28 bits per heavy atom. The van der Waals surface area contributed by atoms with Gasteiger partial charge in [-0.3, -0.25) is 0 Å². The van der Waals surface area contributed by atoms with Gasteiger partial charge >= 0.3 is 11.9 Å². The first-order chi connectivity index (χ1) is 8.43. The van der Waals surface area contributed by atoms with E-state index in [2.05, 4.69) is 0 Å². The van der Waals surface area contributed by atoms with E-state index in [9.17, 15) is 19.8 Å². The fourth-order valence-electron chi connectivity index (χ4n) is 1.40. The van der Waals surface area contributed by atoms with E-state index in [-0.39, 0.29) is 5.56 Å². The van der Waals surface area contributed by atoms with Crippen LogP contribution in [0.1, 0.15) is 17.2 Å². The first kappa shape index (κ1) is 13.9. The second kappa shape index (κ2) is 5.95. The standard InChI is InChI=1S/C12H12O6/c13-9(14)6-5-7-3-1-2-4-8(7)10(15)11(16)12(17)18/h1-6,10-11,15-16H,(H,13,14)(H,17,18)/b6-5+. The van der Waals surface area contributed by atoms with Crippen molar-refractivity contribution in [2.24, 2.45) is 0 Å². The number of aliphatic hydroxyl groups is 2. The third-order valence-electron chi connectivity index (χ3n) is 2.27. The first-order valence-corrected chi connectivity index (χ1v) is 5.02. The van der Waals surface area contributed by atoms with Crippen LogP contribution in [0, 0.1) is 0 Å². The fraction of sp³-hybridized carbons (Fsp3) is 0.167. The molecule has 0 aliphatic carbocycles. The molecule has 0 amide bonds. The van der Waals surface area contributed by atoms with E-state index in [1.54, 1.807) is 12.1 Å². The van der Waals surface area contributed by atoms with Crippen LogP contribution in [-0.2, 0) is 9.59 Å². The molecule has 18 heavy (non-hydrogen) atoms. The van der Waals surface area contributed by atoms with Crippen LogP contribution in [0.25, 0.3) is 6.08 Å². The quantitative estimate of drug-likeness (QED) is 0.559.